The lowest BCUT2D eigenvalue weighted by molar-refractivity contribution is -0.131. The monoisotopic (exact) mass is 231 g/mol. The molecule has 0 saturated heterocycles. The second kappa shape index (κ2) is 9.30. The van der Waals surface area contributed by atoms with Crippen LogP contribution in [-0.2, 0) is 19.1 Å². The Labute approximate surface area is 96.5 Å². The van der Waals surface area contributed by atoms with Crippen LogP contribution in [-0.4, -0.2) is 45.2 Å². The Bertz CT molecular complexity index is 218. The molecule has 5 heteroatoms. The molecule has 5 nitrogen and oxygen atoms in total. The van der Waals surface area contributed by atoms with Gasteiger partial charge in [-0.25, -0.2) is 0 Å². The average Bonchev–Trinajstić information content (AvgIpc) is 2.28. The van der Waals surface area contributed by atoms with Crippen molar-refractivity contribution in [2.75, 3.05) is 33.5 Å². The van der Waals surface area contributed by atoms with Gasteiger partial charge in [-0.1, -0.05) is 13.8 Å². The van der Waals surface area contributed by atoms with Crippen molar-refractivity contribution in [3.63, 3.8) is 0 Å². The van der Waals surface area contributed by atoms with E-state index in [9.17, 15) is 9.59 Å². The van der Waals surface area contributed by atoms with Gasteiger partial charge in [0, 0.05) is 19.6 Å². The molecule has 0 fully saturated rings. The molecule has 1 atom stereocenters. The highest BCUT2D eigenvalue weighted by Gasteiger charge is 2.11. The number of hydrogen-bond acceptors (Lipinski definition) is 4. The fourth-order valence-corrected chi connectivity index (χ4v) is 0.958. The molecule has 16 heavy (non-hydrogen) atoms. The number of Topliss-reactive ketones (excluding diaryl/α,β-unsaturated/α-hetero) is 1. The van der Waals surface area contributed by atoms with E-state index in [1.807, 2.05) is 13.8 Å². The minimum Gasteiger partial charge on any atom is -0.383 e. The summed E-state index contributed by atoms with van der Waals surface area (Å²) in [5.74, 6) is -0.197. The topological polar surface area (TPSA) is 64.6 Å². The predicted octanol–water partition coefficient (Wildman–Crippen LogP) is 0.381. The largest absolute Gasteiger partial charge is 0.383 e. The Morgan fingerprint density at radius 1 is 1.31 bits per heavy atom. The molecule has 1 unspecified atom stereocenters. The second-order valence-corrected chi connectivity index (χ2v) is 3.61. The van der Waals surface area contributed by atoms with Crippen LogP contribution in [0.4, 0.5) is 0 Å². The van der Waals surface area contributed by atoms with E-state index in [0.29, 0.717) is 13.2 Å². The number of ketones is 1. The minimum atomic E-state index is -0.228. The van der Waals surface area contributed by atoms with Crippen LogP contribution in [0.3, 0.4) is 0 Å². The van der Waals surface area contributed by atoms with E-state index < -0.39 is 0 Å². The molecule has 0 aliphatic rings. The summed E-state index contributed by atoms with van der Waals surface area (Å²) in [5, 5.41) is 2.60. The molecule has 0 rings (SSSR count). The van der Waals surface area contributed by atoms with Crippen molar-refractivity contribution in [2.24, 2.45) is 5.92 Å². The molecule has 1 amide bonds. The van der Waals surface area contributed by atoms with E-state index >= 15 is 0 Å². The lowest BCUT2D eigenvalue weighted by Gasteiger charge is -2.08. The molecule has 0 aliphatic heterocycles. The summed E-state index contributed by atoms with van der Waals surface area (Å²) < 4.78 is 9.78. The first-order valence-electron chi connectivity index (χ1n) is 5.47. The van der Waals surface area contributed by atoms with Crippen LogP contribution >= 0.6 is 0 Å². The van der Waals surface area contributed by atoms with Gasteiger partial charge in [0.15, 0.2) is 5.78 Å². The highest BCUT2D eigenvalue weighted by atomic mass is 16.5. The molecule has 0 aromatic rings. The zero-order chi connectivity index (χ0) is 12.4. The smallest absolute Gasteiger partial charge is 0.246 e. The summed E-state index contributed by atoms with van der Waals surface area (Å²) in [5.41, 5.74) is 0. The van der Waals surface area contributed by atoms with Crippen LogP contribution < -0.4 is 5.32 Å². The quantitative estimate of drug-likeness (QED) is 0.583. The molecule has 1 N–H and O–H groups in total. The van der Waals surface area contributed by atoms with Crippen LogP contribution in [0.2, 0.25) is 0 Å². The minimum absolute atomic E-state index is 0.00319. The first kappa shape index (κ1) is 15.1. The van der Waals surface area contributed by atoms with Crippen molar-refractivity contribution in [2.45, 2.75) is 20.3 Å². The number of carbonyl (C=O) groups excluding carboxylic acids is 2. The molecule has 94 valence electrons. The summed E-state index contributed by atoms with van der Waals surface area (Å²) >= 11 is 0. The standard InChI is InChI=1S/C11H21NO4/c1-4-9(2)10(13)7-16-8-11(14)12-5-6-15-3/h9H,4-8H2,1-3H3,(H,12,14). The van der Waals surface area contributed by atoms with Gasteiger partial charge in [-0.2, -0.15) is 0 Å². The maximum absolute atomic E-state index is 11.3. The van der Waals surface area contributed by atoms with Crippen LogP contribution in [0.25, 0.3) is 0 Å². The Kier molecular flexibility index (Phi) is 8.75. The van der Waals surface area contributed by atoms with Gasteiger partial charge in [0.05, 0.1) is 6.61 Å². The van der Waals surface area contributed by atoms with Gasteiger partial charge >= 0.3 is 0 Å². The summed E-state index contributed by atoms with van der Waals surface area (Å²) in [4.78, 5) is 22.5. The summed E-state index contributed by atoms with van der Waals surface area (Å²) in [6.45, 7) is 4.65. The van der Waals surface area contributed by atoms with E-state index in [0.717, 1.165) is 6.42 Å². The van der Waals surface area contributed by atoms with E-state index in [1.54, 1.807) is 7.11 Å². The molecule has 0 bridgehead atoms. The van der Waals surface area contributed by atoms with Gasteiger partial charge in [0.2, 0.25) is 5.91 Å². The van der Waals surface area contributed by atoms with Gasteiger partial charge in [-0.3, -0.25) is 9.59 Å². The van der Waals surface area contributed by atoms with Crippen LogP contribution in [0, 0.1) is 5.92 Å². The maximum Gasteiger partial charge on any atom is 0.246 e. The molecule has 0 aromatic carbocycles. The molecular weight excluding hydrogens is 210 g/mol. The number of hydrogen-bond donors (Lipinski definition) is 1. The zero-order valence-electron chi connectivity index (χ0n) is 10.2. The van der Waals surface area contributed by atoms with E-state index in [4.69, 9.17) is 9.47 Å². The average molecular weight is 231 g/mol. The normalized spacial score (nSPS) is 12.2. The third-order valence-corrected chi connectivity index (χ3v) is 2.27. The van der Waals surface area contributed by atoms with Crippen LogP contribution in [0.1, 0.15) is 20.3 Å². The molecule has 0 aromatic heterocycles. The number of amides is 1. The molecule has 0 heterocycles. The van der Waals surface area contributed by atoms with Gasteiger partial charge in [0.25, 0.3) is 0 Å². The van der Waals surface area contributed by atoms with Crippen molar-refractivity contribution in [3.8, 4) is 0 Å². The molecule has 0 radical (unpaired) electrons. The van der Waals surface area contributed by atoms with Gasteiger partial charge in [-0.15, -0.1) is 0 Å². The Balaban J connectivity index is 3.50. The number of ether oxygens (including phenoxy) is 2. The highest BCUT2D eigenvalue weighted by Crippen LogP contribution is 2.01. The molecular formula is C11H21NO4. The van der Waals surface area contributed by atoms with E-state index in [1.165, 1.54) is 0 Å². The SMILES string of the molecule is CCC(C)C(=O)COCC(=O)NCCOC. The lowest BCUT2D eigenvalue weighted by atomic mass is 10.1. The van der Waals surface area contributed by atoms with Gasteiger partial charge in [-0.05, 0) is 6.42 Å². The summed E-state index contributed by atoms with van der Waals surface area (Å²) in [7, 11) is 1.56. The van der Waals surface area contributed by atoms with Crippen LogP contribution in [0.15, 0.2) is 0 Å². The summed E-state index contributed by atoms with van der Waals surface area (Å²) in [6.07, 6.45) is 0.794. The Morgan fingerprint density at radius 2 is 2.00 bits per heavy atom. The molecule has 0 spiro atoms. The van der Waals surface area contributed by atoms with Gasteiger partial charge in [0.1, 0.15) is 13.2 Å². The van der Waals surface area contributed by atoms with Crippen molar-refractivity contribution in [3.05, 3.63) is 0 Å². The third-order valence-electron chi connectivity index (χ3n) is 2.27. The second-order valence-electron chi connectivity index (χ2n) is 3.61. The number of rotatable bonds is 9. The number of carbonyl (C=O) groups is 2. The van der Waals surface area contributed by atoms with Crippen molar-refractivity contribution in [1.82, 2.24) is 5.32 Å². The fourth-order valence-electron chi connectivity index (χ4n) is 0.958. The first-order valence-corrected chi connectivity index (χ1v) is 5.47. The van der Waals surface area contributed by atoms with Gasteiger partial charge < -0.3 is 14.8 Å². The van der Waals surface area contributed by atoms with Crippen molar-refractivity contribution < 1.29 is 19.1 Å². The third kappa shape index (κ3) is 7.36. The maximum atomic E-state index is 11.3. The first-order chi connectivity index (χ1) is 7.61. The highest BCUT2D eigenvalue weighted by molar-refractivity contribution is 5.82. The molecule has 0 aliphatic carbocycles. The lowest BCUT2D eigenvalue weighted by Crippen LogP contribution is -2.31. The predicted molar refractivity (Wildman–Crippen MR) is 60.2 cm³/mol. The Hall–Kier alpha value is -0.940. The number of nitrogens with one attached hydrogen (secondary N) is 1. The van der Waals surface area contributed by atoms with Crippen LogP contribution in [0.5, 0.6) is 0 Å². The zero-order valence-corrected chi connectivity index (χ0v) is 10.2. The van der Waals surface area contributed by atoms with Crippen molar-refractivity contribution in [1.29, 1.82) is 0 Å². The fraction of sp³-hybridized carbons (Fsp3) is 0.818. The Morgan fingerprint density at radius 3 is 2.56 bits per heavy atom. The van der Waals surface area contributed by atoms with Crippen molar-refractivity contribution >= 4 is 11.7 Å². The molecule has 0 saturated carbocycles. The van der Waals surface area contributed by atoms with E-state index in [2.05, 4.69) is 5.32 Å². The number of methoxy groups -OCH3 is 1. The van der Waals surface area contributed by atoms with E-state index in [-0.39, 0.29) is 30.8 Å². The summed E-state index contributed by atoms with van der Waals surface area (Å²) in [6, 6.07) is 0.